The third-order valence-corrected chi connectivity index (χ3v) is 2.25. The Balaban J connectivity index is 2.37. The van der Waals surface area contributed by atoms with Gasteiger partial charge in [0.15, 0.2) is 0 Å². The standard InChI is InChI=1S/C7H13NO2/c1-7(2)5(4-8-7)3-6(9)10/h5,8H,3-4H2,1-2H3,(H,9,10). The Kier molecular flexibility index (Phi) is 1.68. The minimum atomic E-state index is -0.695. The van der Waals surface area contributed by atoms with E-state index in [9.17, 15) is 4.79 Å². The third-order valence-electron chi connectivity index (χ3n) is 2.25. The highest BCUT2D eigenvalue weighted by atomic mass is 16.4. The molecule has 1 atom stereocenters. The summed E-state index contributed by atoms with van der Waals surface area (Å²) in [5.41, 5.74) is 0.0401. The highest BCUT2D eigenvalue weighted by molar-refractivity contribution is 5.67. The molecule has 0 amide bonds. The van der Waals surface area contributed by atoms with Crippen molar-refractivity contribution in [2.75, 3.05) is 6.54 Å². The molecule has 0 saturated carbocycles. The minimum Gasteiger partial charge on any atom is -0.481 e. The summed E-state index contributed by atoms with van der Waals surface area (Å²) in [5, 5.41) is 11.6. The van der Waals surface area contributed by atoms with E-state index in [0.717, 1.165) is 6.54 Å². The van der Waals surface area contributed by atoms with Crippen molar-refractivity contribution in [1.82, 2.24) is 5.32 Å². The zero-order chi connectivity index (χ0) is 7.78. The number of nitrogens with one attached hydrogen (secondary N) is 1. The Morgan fingerprint density at radius 2 is 2.40 bits per heavy atom. The molecule has 0 aliphatic carbocycles. The highest BCUT2D eigenvalue weighted by Gasteiger charge is 2.38. The predicted molar refractivity (Wildman–Crippen MR) is 37.8 cm³/mol. The molecule has 3 heteroatoms. The first-order chi connectivity index (χ1) is 4.52. The minimum absolute atomic E-state index is 0.0401. The van der Waals surface area contributed by atoms with Crippen LogP contribution in [-0.2, 0) is 4.79 Å². The number of rotatable bonds is 2. The van der Waals surface area contributed by atoms with Gasteiger partial charge in [0, 0.05) is 12.1 Å². The van der Waals surface area contributed by atoms with E-state index >= 15 is 0 Å². The molecule has 0 aromatic rings. The molecule has 1 unspecified atom stereocenters. The quantitative estimate of drug-likeness (QED) is 0.590. The zero-order valence-electron chi connectivity index (χ0n) is 6.35. The van der Waals surface area contributed by atoms with E-state index in [4.69, 9.17) is 5.11 Å². The molecule has 1 fully saturated rings. The van der Waals surface area contributed by atoms with Crippen molar-refractivity contribution < 1.29 is 9.90 Å². The van der Waals surface area contributed by atoms with Gasteiger partial charge in [-0.15, -0.1) is 0 Å². The molecule has 58 valence electrons. The van der Waals surface area contributed by atoms with Gasteiger partial charge in [-0.2, -0.15) is 0 Å². The van der Waals surface area contributed by atoms with Crippen molar-refractivity contribution in [1.29, 1.82) is 0 Å². The van der Waals surface area contributed by atoms with Gasteiger partial charge in [0.1, 0.15) is 0 Å². The highest BCUT2D eigenvalue weighted by Crippen LogP contribution is 2.27. The van der Waals surface area contributed by atoms with Crippen molar-refractivity contribution in [3.63, 3.8) is 0 Å². The van der Waals surface area contributed by atoms with Crippen LogP contribution < -0.4 is 5.32 Å². The van der Waals surface area contributed by atoms with Gasteiger partial charge in [-0.25, -0.2) is 0 Å². The SMILES string of the molecule is CC1(C)NCC1CC(=O)O. The Morgan fingerprint density at radius 1 is 1.80 bits per heavy atom. The van der Waals surface area contributed by atoms with E-state index in [-0.39, 0.29) is 5.54 Å². The van der Waals surface area contributed by atoms with Crippen molar-refractivity contribution in [2.24, 2.45) is 5.92 Å². The summed E-state index contributed by atoms with van der Waals surface area (Å²) < 4.78 is 0. The van der Waals surface area contributed by atoms with E-state index in [1.165, 1.54) is 0 Å². The number of carbonyl (C=O) groups is 1. The second kappa shape index (κ2) is 2.23. The van der Waals surface area contributed by atoms with E-state index in [1.807, 2.05) is 13.8 Å². The number of hydrogen-bond acceptors (Lipinski definition) is 2. The summed E-state index contributed by atoms with van der Waals surface area (Å²) >= 11 is 0. The van der Waals surface area contributed by atoms with Gasteiger partial charge in [-0.05, 0) is 19.8 Å². The smallest absolute Gasteiger partial charge is 0.303 e. The number of aliphatic carboxylic acids is 1. The summed E-state index contributed by atoms with van der Waals surface area (Å²) in [6.07, 6.45) is 0.292. The molecule has 0 spiro atoms. The fourth-order valence-electron chi connectivity index (χ4n) is 1.19. The summed E-state index contributed by atoms with van der Waals surface area (Å²) in [6, 6.07) is 0. The molecule has 1 aliphatic rings. The van der Waals surface area contributed by atoms with Crippen LogP contribution in [-0.4, -0.2) is 23.2 Å². The van der Waals surface area contributed by atoms with Crippen LogP contribution in [0.5, 0.6) is 0 Å². The Labute approximate surface area is 60.4 Å². The number of hydrogen-bond donors (Lipinski definition) is 2. The fourth-order valence-corrected chi connectivity index (χ4v) is 1.19. The van der Waals surface area contributed by atoms with Crippen molar-refractivity contribution in [3.05, 3.63) is 0 Å². The average molecular weight is 143 g/mol. The van der Waals surface area contributed by atoms with Crippen LogP contribution in [0.2, 0.25) is 0 Å². The average Bonchev–Trinajstić information content (AvgIpc) is 1.81. The molecule has 0 radical (unpaired) electrons. The maximum absolute atomic E-state index is 10.3. The van der Waals surface area contributed by atoms with Gasteiger partial charge in [0.05, 0.1) is 6.42 Å². The van der Waals surface area contributed by atoms with Gasteiger partial charge >= 0.3 is 5.97 Å². The Hall–Kier alpha value is -0.570. The molecule has 2 N–H and O–H groups in total. The summed E-state index contributed by atoms with van der Waals surface area (Å²) in [7, 11) is 0. The molecule has 0 bridgehead atoms. The molecule has 1 rings (SSSR count). The second-order valence-electron chi connectivity index (χ2n) is 3.40. The maximum Gasteiger partial charge on any atom is 0.303 e. The van der Waals surface area contributed by atoms with Gasteiger partial charge in [0.2, 0.25) is 0 Å². The van der Waals surface area contributed by atoms with E-state index in [0.29, 0.717) is 12.3 Å². The van der Waals surface area contributed by atoms with Crippen LogP contribution in [0.1, 0.15) is 20.3 Å². The molecular weight excluding hydrogens is 130 g/mol. The van der Waals surface area contributed by atoms with Gasteiger partial charge in [-0.1, -0.05) is 0 Å². The third kappa shape index (κ3) is 1.29. The van der Waals surface area contributed by atoms with E-state index in [2.05, 4.69) is 5.32 Å². The maximum atomic E-state index is 10.3. The number of carboxylic acid groups (broad SMARTS) is 1. The monoisotopic (exact) mass is 143 g/mol. The lowest BCUT2D eigenvalue weighted by atomic mass is 9.78. The Morgan fingerprint density at radius 3 is 2.50 bits per heavy atom. The molecule has 3 nitrogen and oxygen atoms in total. The molecule has 1 saturated heterocycles. The first kappa shape index (κ1) is 7.54. The van der Waals surface area contributed by atoms with Crippen LogP contribution in [0.4, 0.5) is 0 Å². The van der Waals surface area contributed by atoms with Crippen molar-refractivity contribution in [2.45, 2.75) is 25.8 Å². The topological polar surface area (TPSA) is 49.3 Å². The first-order valence-electron chi connectivity index (χ1n) is 3.49. The van der Waals surface area contributed by atoms with Crippen LogP contribution in [0.15, 0.2) is 0 Å². The summed E-state index contributed by atoms with van der Waals surface area (Å²) in [5.74, 6) is -0.385. The van der Waals surface area contributed by atoms with Crippen LogP contribution in [0.3, 0.4) is 0 Å². The van der Waals surface area contributed by atoms with E-state index < -0.39 is 5.97 Å². The lowest BCUT2D eigenvalue weighted by Crippen LogP contribution is -2.61. The van der Waals surface area contributed by atoms with Gasteiger partial charge in [-0.3, -0.25) is 4.79 Å². The molecule has 1 aliphatic heterocycles. The molecule has 0 aromatic carbocycles. The molecule has 10 heavy (non-hydrogen) atoms. The van der Waals surface area contributed by atoms with Crippen molar-refractivity contribution >= 4 is 5.97 Å². The largest absolute Gasteiger partial charge is 0.481 e. The molecule has 1 heterocycles. The van der Waals surface area contributed by atoms with Crippen LogP contribution >= 0.6 is 0 Å². The zero-order valence-corrected chi connectivity index (χ0v) is 6.35. The van der Waals surface area contributed by atoms with E-state index in [1.54, 1.807) is 0 Å². The molecular formula is C7H13NO2. The fraction of sp³-hybridized carbons (Fsp3) is 0.857. The lowest BCUT2D eigenvalue weighted by molar-refractivity contribution is -0.139. The van der Waals surface area contributed by atoms with Gasteiger partial charge in [0.25, 0.3) is 0 Å². The lowest BCUT2D eigenvalue weighted by Gasteiger charge is -2.45. The molecule has 0 aromatic heterocycles. The summed E-state index contributed by atoms with van der Waals surface area (Å²) in [4.78, 5) is 10.3. The van der Waals surface area contributed by atoms with Crippen LogP contribution in [0.25, 0.3) is 0 Å². The second-order valence-corrected chi connectivity index (χ2v) is 3.40. The van der Waals surface area contributed by atoms with Crippen molar-refractivity contribution in [3.8, 4) is 0 Å². The first-order valence-corrected chi connectivity index (χ1v) is 3.49. The Bertz CT molecular complexity index is 154. The van der Waals surface area contributed by atoms with Crippen LogP contribution in [0, 0.1) is 5.92 Å². The predicted octanol–water partition coefficient (Wildman–Crippen LogP) is 0.459. The normalized spacial score (nSPS) is 29.2. The summed E-state index contributed by atoms with van der Waals surface area (Å²) in [6.45, 7) is 4.91. The van der Waals surface area contributed by atoms with Gasteiger partial charge < -0.3 is 10.4 Å². The number of carboxylic acids is 1.